The van der Waals surface area contributed by atoms with Gasteiger partial charge in [0.1, 0.15) is 6.54 Å². The summed E-state index contributed by atoms with van der Waals surface area (Å²) >= 11 is 0. The monoisotopic (exact) mass is 339 g/mol. The van der Waals surface area contributed by atoms with Gasteiger partial charge in [-0.2, -0.15) is 0 Å². The summed E-state index contributed by atoms with van der Waals surface area (Å²) in [6, 6.07) is 0. The van der Waals surface area contributed by atoms with Gasteiger partial charge in [-0.3, -0.25) is 0 Å². The summed E-state index contributed by atoms with van der Waals surface area (Å²) in [4.78, 5) is 8.36. The Kier molecular flexibility index (Phi) is 94.3. The number of likely N-dealkylation sites (N-methyl/N-ethyl adjacent to an activating group) is 1. The number of hydrogen-bond acceptors (Lipinski definition) is 3. The van der Waals surface area contributed by atoms with Crippen LogP contribution in [0.4, 0.5) is 0 Å². The zero-order valence-electron chi connectivity index (χ0n) is 10.1. The summed E-state index contributed by atoms with van der Waals surface area (Å²) in [5.41, 5.74) is 0. The Labute approximate surface area is 118 Å². The third kappa shape index (κ3) is 204. The van der Waals surface area contributed by atoms with Gasteiger partial charge in [-0.05, 0) is 0 Å². The van der Waals surface area contributed by atoms with Gasteiger partial charge in [0.15, 0.2) is 0 Å². The van der Waals surface area contributed by atoms with E-state index in [-0.39, 0.29) is 60.4 Å². The Bertz CT molecular complexity index is 121. The van der Waals surface area contributed by atoms with Crippen molar-refractivity contribution in [2.45, 2.75) is 0 Å². The van der Waals surface area contributed by atoms with Crippen LogP contribution in [0.3, 0.4) is 0 Å². The molecule has 0 aliphatic rings. The minimum Gasteiger partial charge on any atom is -0.412 e. The molecule has 0 heterocycles. The van der Waals surface area contributed by atoms with Gasteiger partial charge in [0.2, 0.25) is 0 Å². The summed E-state index contributed by atoms with van der Waals surface area (Å²) in [5, 5.41) is 22.0. The van der Waals surface area contributed by atoms with Gasteiger partial charge in [-0.15, -0.1) is 22.5 Å². The van der Waals surface area contributed by atoms with E-state index in [0.717, 1.165) is 11.0 Å². The smallest absolute Gasteiger partial charge is 0.412 e. The van der Waals surface area contributed by atoms with Crippen LogP contribution in [0.25, 0.3) is 0 Å². The molecule has 0 aliphatic carbocycles. The van der Waals surface area contributed by atoms with Crippen molar-refractivity contribution in [3.05, 3.63) is 10.1 Å². The summed E-state index contributed by atoms with van der Waals surface area (Å²) < 4.78 is 0.844. The van der Waals surface area contributed by atoms with E-state index in [4.69, 9.17) is 20.4 Å². The third-order valence-corrected chi connectivity index (χ3v) is 0.771. The maximum atomic E-state index is 8.39. The van der Waals surface area contributed by atoms with Gasteiger partial charge in [0.25, 0.3) is 5.09 Å². The van der Waals surface area contributed by atoms with E-state index in [1.807, 2.05) is 0 Å². The van der Waals surface area contributed by atoms with E-state index in [0.29, 0.717) is 0 Å². The maximum absolute atomic E-state index is 8.39. The second kappa shape index (κ2) is 29.7. The maximum Gasteiger partial charge on any atom is 2.00 e. The molecule has 0 saturated heterocycles. The molecule has 17 heavy (non-hydrogen) atoms. The van der Waals surface area contributed by atoms with Crippen LogP contribution in [0, 0.1) is 10.1 Å². The van der Waals surface area contributed by atoms with E-state index in [1.165, 1.54) is 0 Å². The van der Waals surface area contributed by atoms with Crippen molar-refractivity contribution in [1.82, 2.24) is 0 Å². The number of aliphatic hydroxyl groups excluding tert-OH is 1. The molecule has 0 aromatic carbocycles. The third-order valence-electron chi connectivity index (χ3n) is 0.771. The SMILES string of the molecule is C[N+](C)(C)CCO.Cl.O.O.O.O.O=[N+]([O-])O.[Zn+2]. The van der Waals surface area contributed by atoms with Gasteiger partial charge >= 0.3 is 19.5 Å². The quantitative estimate of drug-likeness (QED) is 0.226. The Morgan fingerprint density at radius 1 is 1.12 bits per heavy atom. The van der Waals surface area contributed by atoms with Crippen LogP contribution in [-0.4, -0.2) is 76.1 Å². The van der Waals surface area contributed by atoms with Crippen molar-refractivity contribution < 1.29 is 61.3 Å². The van der Waals surface area contributed by atoms with Crippen LogP contribution in [0.5, 0.6) is 0 Å². The molecule has 10 nitrogen and oxygen atoms in total. The number of hydrogen-bond donors (Lipinski definition) is 2. The Hall–Kier alpha value is -0.127. The number of quaternary nitrogens is 1. The summed E-state index contributed by atoms with van der Waals surface area (Å²) in [5.74, 6) is 0. The molecule has 0 aromatic rings. The van der Waals surface area contributed by atoms with E-state index >= 15 is 0 Å². The largest absolute Gasteiger partial charge is 2.00 e. The van der Waals surface area contributed by atoms with Gasteiger partial charge in [-0.1, -0.05) is 0 Å². The molecular formula is C5H24ClN2O8Zn+3. The average molecular weight is 341 g/mol. The fraction of sp³-hybridized carbons (Fsp3) is 1.00. The van der Waals surface area contributed by atoms with Gasteiger partial charge < -0.3 is 36.7 Å². The van der Waals surface area contributed by atoms with Gasteiger partial charge in [0, 0.05) is 0 Å². The fourth-order valence-electron chi connectivity index (χ4n) is 0.300. The van der Waals surface area contributed by atoms with Crippen molar-refractivity contribution in [3.8, 4) is 0 Å². The molecule has 0 amide bonds. The van der Waals surface area contributed by atoms with Crippen LogP contribution in [-0.2, 0) is 19.5 Å². The molecule has 0 rings (SSSR count). The first-order valence-electron chi connectivity index (χ1n) is 3.04. The van der Waals surface area contributed by atoms with Crippen LogP contribution >= 0.6 is 12.4 Å². The van der Waals surface area contributed by atoms with E-state index in [9.17, 15) is 0 Å². The molecule has 0 aliphatic heterocycles. The number of aliphatic hydroxyl groups is 1. The standard InChI is InChI=1S/C5H14NO.ClH.HNO3.4H2O.Zn/c1-6(2,3)4-5-7;;2-1(3)4;;;;;/h7H,4-5H2,1-3H3;1H;(H,2,3,4);4*1H2;/q+1;;;;;;;+2. The minimum absolute atomic E-state index is 0. The molecule has 0 fully saturated rings. The van der Waals surface area contributed by atoms with Crippen molar-refractivity contribution in [2.75, 3.05) is 34.3 Å². The molecule has 0 aromatic heterocycles. The molecule has 12 heteroatoms. The van der Waals surface area contributed by atoms with E-state index in [2.05, 4.69) is 21.1 Å². The van der Waals surface area contributed by atoms with E-state index in [1.54, 1.807) is 0 Å². The van der Waals surface area contributed by atoms with Crippen molar-refractivity contribution in [1.29, 1.82) is 0 Å². The predicted octanol–water partition coefficient (Wildman–Crippen LogP) is -3.54. The van der Waals surface area contributed by atoms with E-state index < -0.39 is 5.09 Å². The molecular weight excluding hydrogens is 317 g/mol. The number of halogens is 1. The molecule has 0 atom stereocenters. The first-order chi connectivity index (χ1) is 4.79. The van der Waals surface area contributed by atoms with Crippen LogP contribution in [0.1, 0.15) is 0 Å². The topological polar surface area (TPSA) is 210 Å². The fourth-order valence-corrected chi connectivity index (χ4v) is 0.300. The van der Waals surface area contributed by atoms with Crippen molar-refractivity contribution in [3.63, 3.8) is 0 Å². The van der Waals surface area contributed by atoms with Crippen LogP contribution < -0.4 is 0 Å². The van der Waals surface area contributed by atoms with Crippen molar-refractivity contribution in [2.24, 2.45) is 0 Å². The first-order valence-corrected chi connectivity index (χ1v) is 3.04. The van der Waals surface area contributed by atoms with Crippen LogP contribution in [0.2, 0.25) is 0 Å². The molecule has 0 spiro atoms. The normalized spacial score (nSPS) is 6.35. The second-order valence-electron chi connectivity index (χ2n) is 2.98. The Morgan fingerprint density at radius 3 is 1.29 bits per heavy atom. The summed E-state index contributed by atoms with van der Waals surface area (Å²) in [6.07, 6.45) is 0. The average Bonchev–Trinajstić information content (AvgIpc) is 1.58. The van der Waals surface area contributed by atoms with Crippen LogP contribution in [0.15, 0.2) is 0 Å². The van der Waals surface area contributed by atoms with Crippen molar-refractivity contribution >= 4 is 12.4 Å². The molecule has 0 bridgehead atoms. The number of rotatable bonds is 2. The molecule has 10 N–H and O–H groups in total. The summed E-state index contributed by atoms with van der Waals surface area (Å²) in [7, 11) is 6.16. The predicted molar refractivity (Wildman–Crippen MR) is 60.5 cm³/mol. The Balaban J connectivity index is -0.0000000125. The Morgan fingerprint density at radius 2 is 1.29 bits per heavy atom. The van der Waals surface area contributed by atoms with Gasteiger partial charge in [-0.25, -0.2) is 0 Å². The zero-order chi connectivity index (χ0) is 9.49. The first kappa shape index (κ1) is 54.0. The molecule has 0 saturated carbocycles. The minimum atomic E-state index is -1.50. The molecule has 0 unspecified atom stereocenters. The van der Waals surface area contributed by atoms with Gasteiger partial charge in [0.05, 0.1) is 27.7 Å². The second-order valence-corrected chi connectivity index (χ2v) is 2.98. The molecule has 108 valence electrons. The molecule has 0 radical (unpaired) electrons. The zero-order valence-corrected chi connectivity index (χ0v) is 13.9. The number of nitrogens with zero attached hydrogens (tertiary/aromatic N) is 2. The summed E-state index contributed by atoms with van der Waals surface area (Å²) in [6.45, 7) is 1.11.